The molecule has 0 saturated carbocycles. The zero-order valence-corrected chi connectivity index (χ0v) is 21.1. The Morgan fingerprint density at radius 2 is 1.81 bits per heavy atom. The van der Waals surface area contributed by atoms with Gasteiger partial charge >= 0.3 is 0 Å². The Labute approximate surface area is 211 Å². The van der Waals surface area contributed by atoms with E-state index in [0.29, 0.717) is 57.2 Å². The number of benzene rings is 1. The third-order valence-electron chi connectivity index (χ3n) is 7.46. The number of nitrogens with zero attached hydrogens (tertiary/aromatic N) is 3. The van der Waals surface area contributed by atoms with Gasteiger partial charge in [0, 0.05) is 20.0 Å². The second kappa shape index (κ2) is 10.0. The molecule has 1 aromatic carbocycles. The summed E-state index contributed by atoms with van der Waals surface area (Å²) in [4.78, 5) is 49.5. The van der Waals surface area contributed by atoms with Crippen LogP contribution in [0.25, 0.3) is 0 Å². The van der Waals surface area contributed by atoms with E-state index in [9.17, 15) is 14.4 Å². The smallest absolute Gasteiger partial charge is 0.251 e. The van der Waals surface area contributed by atoms with Gasteiger partial charge in [0.2, 0.25) is 11.8 Å². The summed E-state index contributed by atoms with van der Waals surface area (Å²) in [6.45, 7) is 7.44. The molecule has 3 amide bonds. The number of hydrogen-bond donors (Lipinski definition) is 1. The topological polar surface area (TPSA) is 105 Å². The van der Waals surface area contributed by atoms with Crippen molar-refractivity contribution >= 4 is 17.7 Å². The summed E-state index contributed by atoms with van der Waals surface area (Å²) in [5.41, 5.74) is 2.76. The molecule has 0 bridgehead atoms. The number of amides is 3. The molecule has 2 saturated heterocycles. The first-order chi connectivity index (χ1) is 17.3. The molecule has 192 valence electrons. The Morgan fingerprint density at radius 3 is 2.39 bits per heavy atom. The Morgan fingerprint density at radius 1 is 1.14 bits per heavy atom. The largest absolute Gasteiger partial charge is 0.449 e. The summed E-state index contributed by atoms with van der Waals surface area (Å²) in [6.07, 6.45) is 3.30. The maximum atomic E-state index is 14.3. The molecule has 1 aliphatic carbocycles. The van der Waals surface area contributed by atoms with Gasteiger partial charge in [0.15, 0.2) is 11.9 Å². The number of nitrogens with one attached hydrogen (secondary N) is 1. The summed E-state index contributed by atoms with van der Waals surface area (Å²) in [5.74, 6) is -0.227. The van der Waals surface area contributed by atoms with Gasteiger partial charge in [-0.3, -0.25) is 14.4 Å². The molecule has 3 aliphatic rings. The number of aryl methyl sites for hydroxylation is 1. The summed E-state index contributed by atoms with van der Waals surface area (Å²) >= 11 is 0. The standard InChI is InChI=1S/C27H34N4O5/c1-16(2)12-22-25(32)29-23(20-13-18-6-4-5-7-19(18)14-20)26(33)31(22)24(21-15-36-17(3)28-21)27(34)30-8-10-35-11-9-30/h4-7,15-16,20,22-24H,8-14H2,1-3H3,(H,29,32)/t22-,23-,24-/m1/s1. The van der Waals surface area contributed by atoms with E-state index >= 15 is 0 Å². The van der Waals surface area contributed by atoms with E-state index in [2.05, 4.69) is 22.4 Å². The molecule has 1 aromatic heterocycles. The van der Waals surface area contributed by atoms with E-state index in [4.69, 9.17) is 9.15 Å². The van der Waals surface area contributed by atoms with Crippen LogP contribution in [0.3, 0.4) is 0 Å². The van der Waals surface area contributed by atoms with Crippen molar-refractivity contribution in [3.8, 4) is 0 Å². The van der Waals surface area contributed by atoms with Crippen LogP contribution in [-0.4, -0.2) is 70.9 Å². The first-order valence-corrected chi connectivity index (χ1v) is 12.8. The van der Waals surface area contributed by atoms with Crippen molar-refractivity contribution < 1.29 is 23.5 Å². The van der Waals surface area contributed by atoms with E-state index in [1.807, 2.05) is 26.0 Å². The third-order valence-corrected chi connectivity index (χ3v) is 7.46. The molecule has 36 heavy (non-hydrogen) atoms. The minimum Gasteiger partial charge on any atom is -0.449 e. The van der Waals surface area contributed by atoms with Crippen LogP contribution in [0.1, 0.15) is 49.0 Å². The van der Waals surface area contributed by atoms with E-state index < -0.39 is 18.1 Å². The summed E-state index contributed by atoms with van der Waals surface area (Å²) in [6, 6.07) is 5.63. The maximum Gasteiger partial charge on any atom is 0.251 e. The van der Waals surface area contributed by atoms with Crippen LogP contribution in [-0.2, 0) is 32.0 Å². The predicted molar refractivity (Wildman–Crippen MR) is 131 cm³/mol. The van der Waals surface area contributed by atoms with Crippen LogP contribution in [0.4, 0.5) is 0 Å². The summed E-state index contributed by atoms with van der Waals surface area (Å²) in [5, 5.41) is 3.04. The molecule has 9 nitrogen and oxygen atoms in total. The number of carbonyl (C=O) groups excluding carboxylic acids is 3. The van der Waals surface area contributed by atoms with E-state index in [0.717, 1.165) is 0 Å². The molecule has 0 radical (unpaired) electrons. The number of hydrogen-bond acceptors (Lipinski definition) is 6. The van der Waals surface area contributed by atoms with Gasteiger partial charge < -0.3 is 24.3 Å². The van der Waals surface area contributed by atoms with Gasteiger partial charge in [-0.1, -0.05) is 38.1 Å². The Balaban J connectivity index is 1.53. The highest BCUT2D eigenvalue weighted by atomic mass is 16.5. The van der Waals surface area contributed by atoms with Gasteiger partial charge in [0.05, 0.1) is 13.2 Å². The fourth-order valence-corrected chi connectivity index (χ4v) is 5.72. The molecule has 0 unspecified atom stereocenters. The normalized spacial score (nSPS) is 23.7. The average Bonchev–Trinajstić information content (AvgIpc) is 3.49. The molecule has 2 aromatic rings. The van der Waals surface area contributed by atoms with Crippen molar-refractivity contribution in [1.29, 1.82) is 0 Å². The molecular weight excluding hydrogens is 460 g/mol. The monoisotopic (exact) mass is 494 g/mol. The van der Waals surface area contributed by atoms with Gasteiger partial charge in [0.25, 0.3) is 5.91 Å². The van der Waals surface area contributed by atoms with Crippen molar-refractivity contribution in [1.82, 2.24) is 20.1 Å². The Kier molecular flexibility index (Phi) is 6.83. The highest BCUT2D eigenvalue weighted by Gasteiger charge is 2.50. The number of morpholine rings is 1. The highest BCUT2D eigenvalue weighted by molar-refractivity contribution is 6.00. The van der Waals surface area contributed by atoms with Crippen LogP contribution in [0, 0.1) is 18.8 Å². The maximum absolute atomic E-state index is 14.3. The lowest BCUT2D eigenvalue weighted by atomic mass is 9.88. The Bertz CT molecular complexity index is 1110. The number of piperazine rings is 1. The number of rotatable bonds is 6. The minimum absolute atomic E-state index is 0.0699. The molecule has 0 spiro atoms. The number of fused-ring (bicyclic) bond motifs is 1. The van der Waals surface area contributed by atoms with Gasteiger partial charge in [-0.25, -0.2) is 4.98 Å². The molecule has 3 heterocycles. The molecule has 5 rings (SSSR count). The second-order valence-corrected chi connectivity index (χ2v) is 10.4. The van der Waals surface area contributed by atoms with Crippen molar-refractivity contribution in [2.24, 2.45) is 11.8 Å². The van der Waals surface area contributed by atoms with Crippen molar-refractivity contribution in [2.75, 3.05) is 26.3 Å². The fraction of sp³-hybridized carbons (Fsp3) is 0.556. The Hall–Kier alpha value is -3.20. The van der Waals surface area contributed by atoms with Crippen molar-refractivity contribution in [2.45, 2.75) is 58.2 Å². The van der Waals surface area contributed by atoms with Crippen LogP contribution >= 0.6 is 0 Å². The zero-order chi connectivity index (χ0) is 25.4. The molecular formula is C27H34N4O5. The van der Waals surface area contributed by atoms with Crippen LogP contribution in [0.2, 0.25) is 0 Å². The van der Waals surface area contributed by atoms with Gasteiger partial charge in [-0.05, 0) is 42.2 Å². The van der Waals surface area contributed by atoms with E-state index in [1.165, 1.54) is 22.3 Å². The van der Waals surface area contributed by atoms with E-state index in [-0.39, 0.29) is 29.6 Å². The van der Waals surface area contributed by atoms with Crippen LogP contribution < -0.4 is 5.32 Å². The van der Waals surface area contributed by atoms with Crippen LogP contribution in [0.5, 0.6) is 0 Å². The molecule has 1 N–H and O–H groups in total. The second-order valence-electron chi connectivity index (χ2n) is 10.4. The van der Waals surface area contributed by atoms with E-state index in [1.54, 1.807) is 11.8 Å². The van der Waals surface area contributed by atoms with Crippen LogP contribution in [0.15, 0.2) is 34.9 Å². The molecule has 2 fully saturated rings. The first kappa shape index (κ1) is 24.5. The molecule has 9 heteroatoms. The average molecular weight is 495 g/mol. The van der Waals surface area contributed by atoms with Crippen molar-refractivity contribution in [3.63, 3.8) is 0 Å². The van der Waals surface area contributed by atoms with Gasteiger partial charge in [0.1, 0.15) is 24.0 Å². The highest BCUT2D eigenvalue weighted by Crippen LogP contribution is 2.35. The lowest BCUT2D eigenvalue weighted by molar-refractivity contribution is -0.161. The quantitative estimate of drug-likeness (QED) is 0.659. The lowest BCUT2D eigenvalue weighted by Gasteiger charge is -2.45. The lowest BCUT2D eigenvalue weighted by Crippen LogP contribution is -2.67. The third kappa shape index (κ3) is 4.64. The van der Waals surface area contributed by atoms with Gasteiger partial charge in [-0.2, -0.15) is 0 Å². The number of oxazole rings is 1. The number of ether oxygens (including phenoxy) is 1. The first-order valence-electron chi connectivity index (χ1n) is 12.8. The zero-order valence-electron chi connectivity index (χ0n) is 21.1. The predicted octanol–water partition coefficient (Wildman–Crippen LogP) is 2.04. The molecule has 3 atom stereocenters. The number of aromatic nitrogens is 1. The SMILES string of the molecule is Cc1nc([C@H](C(=O)N2CCOCC2)N2C(=O)[C@@H](C3Cc4ccccc4C3)NC(=O)[C@H]2CC(C)C)co1. The fourth-order valence-electron chi connectivity index (χ4n) is 5.72. The van der Waals surface area contributed by atoms with Gasteiger partial charge in [-0.15, -0.1) is 0 Å². The minimum atomic E-state index is -1.03. The number of carbonyl (C=O) groups is 3. The molecule has 2 aliphatic heterocycles. The summed E-state index contributed by atoms with van der Waals surface area (Å²) in [7, 11) is 0. The van der Waals surface area contributed by atoms with Crippen molar-refractivity contribution in [3.05, 3.63) is 53.2 Å². The summed E-state index contributed by atoms with van der Waals surface area (Å²) < 4.78 is 10.9.